The molecule has 0 saturated heterocycles. The van der Waals surface area contributed by atoms with Crippen molar-refractivity contribution in [1.29, 1.82) is 0 Å². The van der Waals surface area contributed by atoms with E-state index in [-0.39, 0.29) is 0 Å². The molecule has 100 valence electrons. The Morgan fingerprint density at radius 2 is 2.26 bits per heavy atom. The maximum absolute atomic E-state index is 11.7. The maximum atomic E-state index is 11.7. The normalized spacial score (nSPS) is 12.8. The van der Waals surface area contributed by atoms with E-state index in [0.29, 0.717) is 6.42 Å². The monoisotopic (exact) mass is 261 g/mol. The van der Waals surface area contributed by atoms with Gasteiger partial charge in [0.05, 0.1) is 7.11 Å². The SMILES string of the molecule is [2H]CC(=O)N[C@@H](Cc1c[nH]c2ccccc12)C(=O)OC. The molecule has 1 atom stereocenters. The number of methoxy groups -OCH3 is 1. The predicted molar refractivity (Wildman–Crippen MR) is 71.6 cm³/mol. The number of benzene rings is 1. The van der Waals surface area contributed by atoms with E-state index in [9.17, 15) is 9.59 Å². The summed E-state index contributed by atoms with van der Waals surface area (Å²) in [7, 11) is 1.28. The van der Waals surface area contributed by atoms with E-state index in [1.54, 1.807) is 0 Å². The molecule has 0 spiro atoms. The molecule has 0 unspecified atom stereocenters. The third-order valence-electron chi connectivity index (χ3n) is 2.92. The van der Waals surface area contributed by atoms with Crippen molar-refractivity contribution in [2.75, 3.05) is 7.11 Å². The molecule has 0 aliphatic rings. The van der Waals surface area contributed by atoms with Gasteiger partial charge in [-0.05, 0) is 11.6 Å². The number of esters is 1. The minimum atomic E-state index is -0.781. The van der Waals surface area contributed by atoms with Crippen LogP contribution in [0.25, 0.3) is 10.9 Å². The smallest absolute Gasteiger partial charge is 0.328 e. The van der Waals surface area contributed by atoms with Gasteiger partial charge in [-0.15, -0.1) is 0 Å². The quantitative estimate of drug-likeness (QED) is 0.817. The number of hydrogen-bond donors (Lipinski definition) is 2. The molecule has 0 fully saturated rings. The summed E-state index contributed by atoms with van der Waals surface area (Å²) in [5, 5.41) is 3.51. The first kappa shape index (κ1) is 11.8. The predicted octanol–water partition coefficient (Wildman–Crippen LogP) is 1.39. The lowest BCUT2D eigenvalue weighted by atomic mass is 10.1. The first-order chi connectivity index (χ1) is 9.65. The molecular weight excluding hydrogens is 244 g/mol. The molecule has 0 bridgehead atoms. The van der Waals surface area contributed by atoms with Gasteiger partial charge in [0, 0.05) is 31.8 Å². The van der Waals surface area contributed by atoms with Gasteiger partial charge in [-0.25, -0.2) is 4.79 Å². The molecule has 1 amide bonds. The average Bonchev–Trinajstić information content (AvgIpc) is 2.89. The molecule has 0 aliphatic carbocycles. The van der Waals surface area contributed by atoms with Crippen molar-refractivity contribution in [1.82, 2.24) is 10.3 Å². The highest BCUT2D eigenvalue weighted by Crippen LogP contribution is 2.19. The summed E-state index contributed by atoms with van der Waals surface area (Å²) in [4.78, 5) is 26.2. The summed E-state index contributed by atoms with van der Waals surface area (Å²) in [5.41, 5.74) is 1.89. The van der Waals surface area contributed by atoms with Crippen LogP contribution in [0.5, 0.6) is 0 Å². The molecule has 2 aromatic rings. The number of amides is 1. The lowest BCUT2D eigenvalue weighted by Crippen LogP contribution is -2.41. The Morgan fingerprint density at radius 1 is 1.47 bits per heavy atom. The number of aromatic nitrogens is 1. The Kier molecular flexibility index (Phi) is 3.45. The number of para-hydroxylation sites is 1. The van der Waals surface area contributed by atoms with Crippen molar-refractivity contribution in [2.24, 2.45) is 0 Å². The first-order valence-electron chi connectivity index (χ1n) is 6.58. The highest BCUT2D eigenvalue weighted by atomic mass is 16.5. The van der Waals surface area contributed by atoms with Crippen LogP contribution in [0.1, 0.15) is 13.8 Å². The van der Waals surface area contributed by atoms with Gasteiger partial charge in [-0.3, -0.25) is 4.79 Å². The van der Waals surface area contributed by atoms with Gasteiger partial charge >= 0.3 is 5.97 Å². The van der Waals surface area contributed by atoms with Gasteiger partial charge in [0.15, 0.2) is 0 Å². The highest BCUT2D eigenvalue weighted by Gasteiger charge is 2.21. The van der Waals surface area contributed by atoms with Crippen molar-refractivity contribution in [2.45, 2.75) is 19.4 Å². The summed E-state index contributed by atoms with van der Waals surface area (Å²) < 4.78 is 11.7. The zero-order valence-electron chi connectivity index (χ0n) is 11.6. The summed E-state index contributed by atoms with van der Waals surface area (Å²) in [6.45, 7) is -0.415. The molecule has 5 nitrogen and oxygen atoms in total. The third kappa shape index (κ3) is 2.93. The highest BCUT2D eigenvalue weighted by molar-refractivity contribution is 5.86. The molecule has 2 N–H and O–H groups in total. The largest absolute Gasteiger partial charge is 0.467 e. The van der Waals surface area contributed by atoms with Gasteiger partial charge in [-0.2, -0.15) is 0 Å². The van der Waals surface area contributed by atoms with Gasteiger partial charge in [0.25, 0.3) is 0 Å². The Labute approximate surface area is 112 Å². The van der Waals surface area contributed by atoms with Crippen LogP contribution in [-0.2, 0) is 20.7 Å². The number of hydrogen-bond acceptors (Lipinski definition) is 3. The summed E-state index contributed by atoms with van der Waals surface area (Å²) >= 11 is 0. The molecule has 1 aromatic carbocycles. The van der Waals surface area contributed by atoms with Crippen LogP contribution in [0.3, 0.4) is 0 Å². The summed E-state index contributed by atoms with van der Waals surface area (Å²) in [6.07, 6.45) is 2.13. The molecule has 1 heterocycles. The van der Waals surface area contributed by atoms with Gasteiger partial charge < -0.3 is 15.0 Å². The average molecular weight is 261 g/mol. The first-order valence-corrected chi connectivity index (χ1v) is 5.87. The number of rotatable bonds is 4. The van der Waals surface area contributed by atoms with E-state index >= 15 is 0 Å². The number of aromatic amines is 1. The Bertz CT molecular complexity index is 624. The van der Waals surface area contributed by atoms with E-state index in [1.807, 2.05) is 30.5 Å². The number of H-pyrrole nitrogens is 1. The van der Waals surface area contributed by atoms with Crippen LogP contribution in [-0.4, -0.2) is 30.0 Å². The second kappa shape index (κ2) is 5.56. The maximum Gasteiger partial charge on any atom is 0.328 e. The lowest BCUT2D eigenvalue weighted by molar-refractivity contribution is -0.144. The van der Waals surface area contributed by atoms with Crippen molar-refractivity contribution in [3.63, 3.8) is 0 Å². The standard InChI is InChI=1S/C14H16N2O3/c1-9(17)16-13(14(18)19-2)7-10-8-15-12-6-4-3-5-11(10)12/h3-6,8,13,15H,7H2,1-2H3,(H,16,17)/t13-/m0/s1/i1D. The van der Waals surface area contributed by atoms with Gasteiger partial charge in [-0.1, -0.05) is 18.2 Å². The minimum Gasteiger partial charge on any atom is -0.467 e. The summed E-state index contributed by atoms with van der Waals surface area (Å²) in [6, 6.07) is 6.94. The molecule has 0 radical (unpaired) electrons. The van der Waals surface area contributed by atoms with E-state index < -0.39 is 24.8 Å². The van der Waals surface area contributed by atoms with Crippen molar-refractivity contribution >= 4 is 22.8 Å². The van der Waals surface area contributed by atoms with Crippen LogP contribution >= 0.6 is 0 Å². The fourth-order valence-electron chi connectivity index (χ4n) is 2.05. The fourth-order valence-corrected chi connectivity index (χ4v) is 2.05. The van der Waals surface area contributed by atoms with E-state index in [2.05, 4.69) is 10.3 Å². The van der Waals surface area contributed by atoms with Crippen LogP contribution < -0.4 is 5.32 Å². The molecule has 5 heteroatoms. The number of fused-ring (bicyclic) bond motifs is 1. The Hall–Kier alpha value is -2.30. The lowest BCUT2D eigenvalue weighted by Gasteiger charge is -2.14. The molecule has 2 rings (SSSR count). The Morgan fingerprint density at radius 3 is 3.00 bits per heavy atom. The Balaban J connectivity index is 2.22. The fraction of sp³-hybridized carbons (Fsp3) is 0.286. The minimum absolute atomic E-state index is 0.322. The van der Waals surface area contributed by atoms with Crippen LogP contribution in [0.4, 0.5) is 0 Å². The second-order valence-corrected chi connectivity index (χ2v) is 4.21. The van der Waals surface area contributed by atoms with Crippen molar-refractivity contribution in [3.8, 4) is 0 Å². The van der Waals surface area contributed by atoms with Crippen LogP contribution in [0.15, 0.2) is 30.5 Å². The number of nitrogens with one attached hydrogen (secondary N) is 2. The van der Waals surface area contributed by atoms with E-state index in [0.717, 1.165) is 16.5 Å². The second-order valence-electron chi connectivity index (χ2n) is 4.21. The van der Waals surface area contributed by atoms with Crippen LogP contribution in [0, 0.1) is 0 Å². The molecule has 0 aliphatic heterocycles. The molecular formula is C14H16N2O3. The van der Waals surface area contributed by atoms with Gasteiger partial charge in [0.2, 0.25) is 5.91 Å². The van der Waals surface area contributed by atoms with Crippen molar-refractivity contribution < 1.29 is 15.7 Å². The molecule has 19 heavy (non-hydrogen) atoms. The number of ether oxygens (including phenoxy) is 1. The van der Waals surface area contributed by atoms with E-state index in [4.69, 9.17) is 6.11 Å². The van der Waals surface area contributed by atoms with E-state index in [1.165, 1.54) is 7.11 Å². The topological polar surface area (TPSA) is 71.2 Å². The third-order valence-corrected chi connectivity index (χ3v) is 2.92. The molecule has 0 saturated carbocycles. The number of carbonyl (C=O) groups excluding carboxylic acids is 2. The molecule has 1 aromatic heterocycles. The van der Waals surface area contributed by atoms with Crippen molar-refractivity contribution in [3.05, 3.63) is 36.0 Å². The zero-order chi connectivity index (χ0) is 14.5. The number of carbonyl (C=O) groups is 2. The zero-order valence-corrected chi connectivity index (χ0v) is 10.6. The summed E-state index contributed by atoms with van der Waals surface area (Å²) in [5.74, 6) is -1.02. The van der Waals surface area contributed by atoms with Crippen LogP contribution in [0.2, 0.25) is 0 Å². The van der Waals surface area contributed by atoms with Gasteiger partial charge in [0.1, 0.15) is 6.04 Å².